The summed E-state index contributed by atoms with van der Waals surface area (Å²) >= 11 is 0. The van der Waals surface area contributed by atoms with Crippen LogP contribution in [0.25, 0.3) is 11.0 Å². The molecule has 7 heteroatoms. The van der Waals surface area contributed by atoms with Crippen LogP contribution in [-0.2, 0) is 0 Å². The Morgan fingerprint density at radius 3 is 2.62 bits per heavy atom. The highest BCUT2D eigenvalue weighted by Crippen LogP contribution is 2.14. The lowest BCUT2D eigenvalue weighted by molar-refractivity contribution is 0.315. The molecular formula is C6H3BF3N2O-. The number of hydrogen-bond donors (Lipinski definition) is 0. The fourth-order valence-electron chi connectivity index (χ4n) is 1.09. The molecule has 13 heavy (non-hydrogen) atoms. The zero-order valence-corrected chi connectivity index (χ0v) is 6.25. The Hall–Kier alpha value is -1.53. The number of aromatic nitrogens is 2. The van der Waals surface area contributed by atoms with Crippen LogP contribution in [0.3, 0.4) is 0 Å². The second-order valence-electron chi connectivity index (χ2n) is 2.55. The summed E-state index contributed by atoms with van der Waals surface area (Å²) in [6.45, 7) is -5.05. The second-order valence-corrected chi connectivity index (χ2v) is 2.55. The molecule has 0 atom stereocenters. The Morgan fingerprint density at radius 1 is 1.15 bits per heavy atom. The van der Waals surface area contributed by atoms with Crippen LogP contribution in [0.4, 0.5) is 12.9 Å². The van der Waals surface area contributed by atoms with Crippen LogP contribution >= 0.6 is 0 Å². The van der Waals surface area contributed by atoms with Gasteiger partial charge in [0.2, 0.25) is 0 Å². The standard InChI is InChI=1S/C6H3BF3N2O/c8-7(9,10)4-2-1-3-5-6(4)12-13-11-5/h1-3H/q-1. The summed E-state index contributed by atoms with van der Waals surface area (Å²) in [4.78, 5) is 0. The van der Waals surface area contributed by atoms with E-state index in [2.05, 4.69) is 14.9 Å². The van der Waals surface area contributed by atoms with Crippen LogP contribution in [0.5, 0.6) is 0 Å². The Balaban J connectivity index is 2.75. The minimum Gasteiger partial charge on any atom is -0.445 e. The number of halogens is 3. The molecule has 68 valence electrons. The smallest absolute Gasteiger partial charge is 0.445 e. The molecule has 2 aromatic rings. The quantitative estimate of drug-likeness (QED) is 0.631. The van der Waals surface area contributed by atoms with Crippen molar-refractivity contribution in [3.05, 3.63) is 18.2 Å². The van der Waals surface area contributed by atoms with Gasteiger partial charge in [-0.05, 0) is 11.2 Å². The number of nitrogens with zero attached hydrogens (tertiary/aromatic N) is 2. The molecule has 2 rings (SSSR count). The highest BCUT2D eigenvalue weighted by atomic mass is 19.4. The van der Waals surface area contributed by atoms with E-state index in [0.717, 1.165) is 6.07 Å². The summed E-state index contributed by atoms with van der Waals surface area (Å²) in [5.74, 6) is 0. The van der Waals surface area contributed by atoms with Crippen molar-refractivity contribution >= 4 is 23.5 Å². The van der Waals surface area contributed by atoms with Gasteiger partial charge in [-0.2, -0.15) is 0 Å². The lowest BCUT2D eigenvalue weighted by Crippen LogP contribution is -2.34. The zero-order valence-electron chi connectivity index (χ0n) is 6.25. The van der Waals surface area contributed by atoms with Crippen molar-refractivity contribution in [2.24, 2.45) is 0 Å². The van der Waals surface area contributed by atoms with E-state index in [1.165, 1.54) is 12.1 Å². The molecule has 0 fully saturated rings. The van der Waals surface area contributed by atoms with Crippen LogP contribution in [0, 0.1) is 0 Å². The molecule has 3 nitrogen and oxygen atoms in total. The molecule has 1 aromatic carbocycles. The number of hydrogen-bond acceptors (Lipinski definition) is 3. The number of fused-ring (bicyclic) bond motifs is 1. The SMILES string of the molecule is F[B-](F)(F)c1cccc2nonc12. The summed E-state index contributed by atoms with van der Waals surface area (Å²) in [6.07, 6.45) is 0. The molecule has 0 bridgehead atoms. The largest absolute Gasteiger partial charge is 0.511 e. The van der Waals surface area contributed by atoms with Crippen LogP contribution in [0.2, 0.25) is 0 Å². The first-order chi connectivity index (χ1) is 6.09. The molecule has 0 spiro atoms. The highest BCUT2D eigenvalue weighted by molar-refractivity contribution is 6.75. The fourth-order valence-corrected chi connectivity index (χ4v) is 1.09. The van der Waals surface area contributed by atoms with Crippen molar-refractivity contribution in [2.45, 2.75) is 0 Å². The van der Waals surface area contributed by atoms with E-state index in [1.54, 1.807) is 0 Å². The average molecular weight is 187 g/mol. The predicted octanol–water partition coefficient (Wildman–Crippen LogP) is 1.28. The van der Waals surface area contributed by atoms with Gasteiger partial charge in [-0.3, -0.25) is 0 Å². The average Bonchev–Trinajstić information content (AvgIpc) is 2.48. The molecule has 0 amide bonds. The molecule has 0 saturated carbocycles. The Kier molecular flexibility index (Phi) is 1.54. The lowest BCUT2D eigenvalue weighted by Gasteiger charge is -2.13. The van der Waals surface area contributed by atoms with Crippen molar-refractivity contribution in [1.29, 1.82) is 0 Å². The maximum atomic E-state index is 12.3. The van der Waals surface area contributed by atoms with Crippen LogP contribution in [-0.4, -0.2) is 17.3 Å². The molecule has 1 aromatic heterocycles. The van der Waals surface area contributed by atoms with Crippen molar-refractivity contribution in [2.75, 3.05) is 0 Å². The summed E-state index contributed by atoms with van der Waals surface area (Å²) in [5, 5.41) is 6.51. The first kappa shape index (κ1) is 8.09. The maximum Gasteiger partial charge on any atom is 0.511 e. The summed E-state index contributed by atoms with van der Waals surface area (Å²) in [5.41, 5.74) is -0.870. The van der Waals surface area contributed by atoms with Gasteiger partial charge < -0.3 is 12.9 Å². The molecule has 0 radical (unpaired) electrons. The summed E-state index contributed by atoms with van der Waals surface area (Å²) in [7, 11) is 0. The maximum absolute atomic E-state index is 12.3. The van der Waals surface area contributed by atoms with Gasteiger partial charge in [-0.25, -0.2) is 4.63 Å². The van der Waals surface area contributed by atoms with Gasteiger partial charge in [0.15, 0.2) is 0 Å². The monoisotopic (exact) mass is 187 g/mol. The van der Waals surface area contributed by atoms with Crippen molar-refractivity contribution in [1.82, 2.24) is 10.3 Å². The third-order valence-corrected chi connectivity index (χ3v) is 1.67. The van der Waals surface area contributed by atoms with Gasteiger partial charge in [-0.1, -0.05) is 22.8 Å². The molecular weight excluding hydrogens is 184 g/mol. The van der Waals surface area contributed by atoms with Gasteiger partial charge >= 0.3 is 6.98 Å². The number of benzene rings is 1. The van der Waals surface area contributed by atoms with Gasteiger partial charge in [0.05, 0.1) is 0 Å². The molecule has 0 N–H and O–H groups in total. The Morgan fingerprint density at radius 2 is 1.92 bits per heavy atom. The fraction of sp³-hybridized carbons (Fsp3) is 0. The predicted molar refractivity (Wildman–Crippen MR) is 40.5 cm³/mol. The third kappa shape index (κ3) is 1.26. The third-order valence-electron chi connectivity index (χ3n) is 1.67. The first-order valence-electron chi connectivity index (χ1n) is 3.50. The van der Waals surface area contributed by atoms with Gasteiger partial charge in [0.1, 0.15) is 11.0 Å². The molecule has 1 heterocycles. The van der Waals surface area contributed by atoms with Gasteiger partial charge in [0.25, 0.3) is 0 Å². The normalized spacial score (nSPS) is 12.2. The van der Waals surface area contributed by atoms with E-state index < -0.39 is 12.4 Å². The van der Waals surface area contributed by atoms with Crippen molar-refractivity contribution in [3.63, 3.8) is 0 Å². The van der Waals surface area contributed by atoms with Gasteiger partial charge in [0, 0.05) is 0 Å². The molecule has 0 aliphatic carbocycles. The van der Waals surface area contributed by atoms with Crippen molar-refractivity contribution in [3.8, 4) is 0 Å². The minimum absolute atomic E-state index is 0.122. The molecule has 0 aliphatic heterocycles. The van der Waals surface area contributed by atoms with Gasteiger partial charge in [-0.15, -0.1) is 0 Å². The second kappa shape index (κ2) is 2.48. The van der Waals surface area contributed by atoms with Crippen molar-refractivity contribution < 1.29 is 17.6 Å². The Bertz CT molecular complexity index is 439. The van der Waals surface area contributed by atoms with E-state index in [0.29, 0.717) is 0 Å². The lowest BCUT2D eigenvalue weighted by atomic mass is 9.79. The summed E-state index contributed by atoms with van der Waals surface area (Å²) < 4.78 is 41.3. The van der Waals surface area contributed by atoms with Crippen LogP contribution in [0.15, 0.2) is 22.8 Å². The number of rotatable bonds is 1. The zero-order chi connectivity index (χ0) is 9.47. The minimum atomic E-state index is -5.05. The van der Waals surface area contributed by atoms with E-state index in [1.807, 2.05) is 0 Å². The van der Waals surface area contributed by atoms with Crippen LogP contribution < -0.4 is 5.46 Å². The molecule has 0 saturated heterocycles. The topological polar surface area (TPSA) is 38.9 Å². The highest BCUT2D eigenvalue weighted by Gasteiger charge is 2.28. The van der Waals surface area contributed by atoms with Crippen LogP contribution in [0.1, 0.15) is 0 Å². The van der Waals surface area contributed by atoms with E-state index in [4.69, 9.17) is 0 Å². The molecule has 0 unspecified atom stereocenters. The Labute approximate surface area is 70.6 Å². The van der Waals surface area contributed by atoms with E-state index >= 15 is 0 Å². The molecule has 0 aliphatic rings. The first-order valence-corrected chi connectivity index (χ1v) is 3.50. The van der Waals surface area contributed by atoms with E-state index in [9.17, 15) is 12.9 Å². The van der Waals surface area contributed by atoms with E-state index in [-0.39, 0.29) is 11.0 Å². The summed E-state index contributed by atoms with van der Waals surface area (Å²) in [6, 6.07) is 3.65.